The molecule has 0 amide bonds. The number of nitrogens with one attached hydrogen (secondary N) is 2. The molecule has 0 saturated heterocycles. The van der Waals surface area contributed by atoms with Gasteiger partial charge in [-0.05, 0) is 36.4 Å². The zero-order valence-corrected chi connectivity index (χ0v) is 16.7. The average molecular weight is 396 g/mol. The van der Waals surface area contributed by atoms with Crippen molar-refractivity contribution in [2.75, 3.05) is 0 Å². The van der Waals surface area contributed by atoms with Crippen LogP contribution in [0.3, 0.4) is 0 Å². The Morgan fingerprint density at radius 3 is 1.59 bits per heavy atom. The fourth-order valence-electron chi connectivity index (χ4n) is 1.86. The number of nitrogens with zero attached hydrogens (tertiary/aromatic N) is 4. The van der Waals surface area contributed by atoms with Crippen molar-refractivity contribution >= 4 is 22.7 Å². The fraction of sp³-hybridized carbons (Fsp3) is 0.200. The molecule has 9 heteroatoms. The van der Waals surface area contributed by atoms with E-state index in [9.17, 15) is 14.7 Å². The van der Waals surface area contributed by atoms with E-state index in [-0.39, 0.29) is 5.69 Å². The summed E-state index contributed by atoms with van der Waals surface area (Å²) in [7, 11) is 0. The van der Waals surface area contributed by atoms with Crippen LogP contribution in [0.25, 0.3) is 0 Å². The van der Waals surface area contributed by atoms with E-state index in [1.165, 1.54) is 0 Å². The molecule has 3 N–H and O–H groups in total. The minimum Gasteiger partial charge on any atom is -0.493 e. The third-order valence-electron chi connectivity index (χ3n) is 3.05. The van der Waals surface area contributed by atoms with Crippen LogP contribution in [-0.4, -0.2) is 15.1 Å². The molecule has 0 atom stereocenters. The molecule has 0 aliphatic carbocycles. The summed E-state index contributed by atoms with van der Waals surface area (Å²) < 4.78 is 0. The van der Waals surface area contributed by atoms with Crippen molar-refractivity contribution in [2.45, 2.75) is 27.7 Å². The summed E-state index contributed by atoms with van der Waals surface area (Å²) in [5.74, 6) is -0.647. The van der Waals surface area contributed by atoms with Gasteiger partial charge in [0.25, 0.3) is 5.56 Å². The predicted octanol–water partition coefficient (Wildman–Crippen LogP) is 5.65. The number of H-pyrrole nitrogens is 2. The highest BCUT2D eigenvalue weighted by atomic mass is 16.3. The molecule has 9 nitrogen and oxygen atoms in total. The Balaban J connectivity index is 0.000000989. The van der Waals surface area contributed by atoms with Crippen molar-refractivity contribution in [3.05, 3.63) is 75.4 Å². The molecule has 0 aliphatic heterocycles. The van der Waals surface area contributed by atoms with Gasteiger partial charge in [-0.2, -0.15) is 15.3 Å². The van der Waals surface area contributed by atoms with Crippen LogP contribution in [-0.2, 0) is 0 Å². The zero-order valence-electron chi connectivity index (χ0n) is 16.7. The lowest BCUT2D eigenvalue weighted by Gasteiger charge is -1.96. The van der Waals surface area contributed by atoms with Crippen molar-refractivity contribution in [3.63, 3.8) is 0 Å². The molecule has 29 heavy (non-hydrogen) atoms. The van der Waals surface area contributed by atoms with Gasteiger partial charge in [0, 0.05) is 0 Å². The molecular formula is C20H24N6O3. The van der Waals surface area contributed by atoms with Gasteiger partial charge in [-0.25, -0.2) is 4.79 Å². The smallest absolute Gasteiger partial charge is 0.328 e. The molecule has 1 heterocycles. The monoisotopic (exact) mass is 396 g/mol. The van der Waals surface area contributed by atoms with Crippen molar-refractivity contribution in [3.8, 4) is 5.88 Å². The Morgan fingerprint density at radius 2 is 1.10 bits per heavy atom. The van der Waals surface area contributed by atoms with Crippen LogP contribution in [0.4, 0.5) is 22.7 Å². The summed E-state index contributed by atoms with van der Waals surface area (Å²) >= 11 is 0. The first kappa shape index (κ1) is 23.2. The lowest BCUT2D eigenvalue weighted by atomic mass is 10.3. The number of rotatable bonds is 4. The van der Waals surface area contributed by atoms with Crippen molar-refractivity contribution < 1.29 is 5.11 Å². The van der Waals surface area contributed by atoms with Gasteiger partial charge < -0.3 is 5.11 Å². The number of azo groups is 2. The van der Waals surface area contributed by atoms with Crippen molar-refractivity contribution in [1.82, 2.24) is 9.97 Å². The van der Waals surface area contributed by atoms with E-state index in [2.05, 4.69) is 20.5 Å². The number of aromatic nitrogens is 2. The number of benzene rings is 2. The van der Waals surface area contributed by atoms with E-state index >= 15 is 0 Å². The molecule has 0 unspecified atom stereocenters. The van der Waals surface area contributed by atoms with Gasteiger partial charge in [0.05, 0.1) is 17.1 Å². The molecule has 0 saturated carbocycles. The van der Waals surface area contributed by atoms with Gasteiger partial charge in [0.15, 0.2) is 0 Å². The highest BCUT2D eigenvalue weighted by Gasteiger charge is 2.07. The van der Waals surface area contributed by atoms with Crippen LogP contribution < -0.4 is 11.2 Å². The average Bonchev–Trinajstić information content (AvgIpc) is 2.76. The first-order valence-electron chi connectivity index (χ1n) is 9.16. The number of hydrogen-bond donors (Lipinski definition) is 3. The van der Waals surface area contributed by atoms with E-state index in [1.54, 1.807) is 24.3 Å². The molecule has 1 aromatic heterocycles. The Labute approximate surface area is 167 Å². The van der Waals surface area contributed by atoms with Gasteiger partial charge >= 0.3 is 5.69 Å². The van der Waals surface area contributed by atoms with Gasteiger partial charge in [0.1, 0.15) is 0 Å². The van der Waals surface area contributed by atoms with Gasteiger partial charge in [-0.1, -0.05) is 45.9 Å². The molecule has 152 valence electrons. The molecule has 2 aromatic carbocycles. The second-order valence-electron chi connectivity index (χ2n) is 4.86. The number of aromatic amines is 2. The third kappa shape index (κ3) is 7.33. The Kier molecular flexibility index (Phi) is 9.98. The zero-order chi connectivity index (χ0) is 21.6. The van der Waals surface area contributed by atoms with Gasteiger partial charge in [-0.3, -0.25) is 14.8 Å². The van der Waals surface area contributed by atoms with Crippen LogP contribution >= 0.6 is 0 Å². The summed E-state index contributed by atoms with van der Waals surface area (Å²) in [6, 6.07) is 15.9. The Morgan fingerprint density at radius 1 is 0.655 bits per heavy atom. The number of aromatic hydroxyl groups is 1. The third-order valence-corrected chi connectivity index (χ3v) is 3.05. The molecular weight excluding hydrogens is 372 g/mol. The topological polar surface area (TPSA) is 135 Å². The standard InChI is InChI=1S/C16H12N6O3.2C2H6/c23-14-13(15(24)18-16(25)17-14)22-21-12-8-6-11(7-9-12)20-19-10-4-2-1-3-5-10;2*1-2/h1-9H,(H3,17,18,23,24,25);2*1-2H3. The van der Waals surface area contributed by atoms with Crippen LogP contribution in [0.2, 0.25) is 0 Å². The van der Waals surface area contributed by atoms with E-state index in [1.807, 2.05) is 68.0 Å². The van der Waals surface area contributed by atoms with Crippen molar-refractivity contribution in [2.24, 2.45) is 20.5 Å². The molecule has 0 spiro atoms. The van der Waals surface area contributed by atoms with E-state index in [0.717, 1.165) is 5.69 Å². The summed E-state index contributed by atoms with van der Waals surface area (Å²) in [4.78, 5) is 26.5. The molecule has 0 aliphatic rings. The minimum absolute atomic E-state index is 0.382. The summed E-state index contributed by atoms with van der Waals surface area (Å²) in [6.07, 6.45) is 0. The maximum Gasteiger partial charge on any atom is 0.328 e. The van der Waals surface area contributed by atoms with E-state index in [0.29, 0.717) is 11.4 Å². The van der Waals surface area contributed by atoms with Gasteiger partial charge in [-0.15, -0.1) is 5.11 Å². The van der Waals surface area contributed by atoms with Crippen LogP contribution in [0.5, 0.6) is 5.88 Å². The van der Waals surface area contributed by atoms with E-state index < -0.39 is 17.1 Å². The second-order valence-corrected chi connectivity index (χ2v) is 4.86. The lowest BCUT2D eigenvalue weighted by molar-refractivity contribution is 0.450. The lowest BCUT2D eigenvalue weighted by Crippen LogP contribution is -2.20. The van der Waals surface area contributed by atoms with Crippen LogP contribution in [0, 0.1) is 0 Å². The summed E-state index contributed by atoms with van der Waals surface area (Å²) in [5.41, 5.74) is -0.254. The second kappa shape index (κ2) is 12.5. The SMILES string of the molecule is CC.CC.O=c1[nH]c(O)c(N=Nc2ccc(N=Nc3ccccc3)cc2)c(=O)[nH]1. The largest absolute Gasteiger partial charge is 0.493 e. The minimum atomic E-state index is -0.835. The fourth-order valence-corrected chi connectivity index (χ4v) is 1.86. The van der Waals surface area contributed by atoms with Crippen LogP contribution in [0.1, 0.15) is 27.7 Å². The van der Waals surface area contributed by atoms with Crippen LogP contribution in [0.15, 0.2) is 84.6 Å². The summed E-state index contributed by atoms with van der Waals surface area (Å²) in [5, 5.41) is 25.2. The Bertz CT molecular complexity index is 1040. The Hall–Kier alpha value is -3.88. The quantitative estimate of drug-likeness (QED) is 0.491. The normalized spacial score (nSPS) is 10.2. The summed E-state index contributed by atoms with van der Waals surface area (Å²) in [6.45, 7) is 8.00. The predicted molar refractivity (Wildman–Crippen MR) is 113 cm³/mol. The maximum absolute atomic E-state index is 11.5. The molecule has 3 rings (SSSR count). The molecule has 0 radical (unpaired) electrons. The highest BCUT2D eigenvalue weighted by molar-refractivity contribution is 5.49. The molecule has 3 aromatic rings. The van der Waals surface area contributed by atoms with Gasteiger partial charge in [0.2, 0.25) is 11.6 Å². The first-order valence-corrected chi connectivity index (χ1v) is 9.16. The van der Waals surface area contributed by atoms with Crippen molar-refractivity contribution in [1.29, 1.82) is 0 Å². The first-order chi connectivity index (χ1) is 14.1. The maximum atomic E-state index is 11.5. The van der Waals surface area contributed by atoms with E-state index in [4.69, 9.17) is 0 Å². The highest BCUT2D eigenvalue weighted by Crippen LogP contribution is 2.24. The molecule has 0 bridgehead atoms. The molecule has 0 fully saturated rings. The number of hydrogen-bond acceptors (Lipinski definition) is 7.